The molecule has 1 unspecified atom stereocenters. The Morgan fingerprint density at radius 3 is 2.61 bits per heavy atom. The number of carbonyl (C=O) groups is 1. The molecule has 3 saturated carbocycles. The minimum absolute atomic E-state index is 0.0413. The van der Waals surface area contributed by atoms with Gasteiger partial charge in [-0.3, -0.25) is 4.18 Å². The number of hydrogen-bond donors (Lipinski definition) is 0. The van der Waals surface area contributed by atoms with Gasteiger partial charge in [0.2, 0.25) is 0 Å². The summed E-state index contributed by atoms with van der Waals surface area (Å²) < 4.78 is 22.7. The van der Waals surface area contributed by atoms with Gasteiger partial charge in [-0.1, -0.05) is 65.5 Å². The van der Waals surface area contributed by atoms with Gasteiger partial charge in [0.25, 0.3) is 0 Å². The van der Waals surface area contributed by atoms with E-state index < -0.39 is 17.0 Å². The predicted molar refractivity (Wildman–Crippen MR) is 147 cm³/mol. The highest BCUT2D eigenvalue weighted by Crippen LogP contribution is 2.67. The molecule has 204 valence electrons. The summed E-state index contributed by atoms with van der Waals surface area (Å²) >= 11 is -1.61. The largest absolute Gasteiger partial charge is 0.466 e. The third-order valence-corrected chi connectivity index (χ3v) is 11.8. The molecular weight excluding hydrogens is 468 g/mol. The lowest BCUT2D eigenvalue weighted by Gasteiger charge is -2.58. The highest BCUT2D eigenvalue weighted by molar-refractivity contribution is 7.83. The molecule has 0 bridgehead atoms. The number of carbonyl (C=O) groups excluding carboxylic acids is 1. The highest BCUT2D eigenvalue weighted by atomic mass is 32.2. The van der Waals surface area contributed by atoms with Gasteiger partial charge in [0, 0.05) is 11.5 Å². The molecule has 0 aliphatic heterocycles. The number of ether oxygens (including phenoxy) is 1. The lowest BCUT2D eigenvalue weighted by molar-refractivity contribution is -0.134. The molecule has 0 saturated heterocycles. The van der Waals surface area contributed by atoms with E-state index in [1.165, 1.54) is 75.5 Å². The molecule has 0 aromatic heterocycles. The topological polar surface area (TPSA) is 52.6 Å². The molecule has 0 N–H and O–H groups in total. The average molecular weight is 519 g/mol. The molecule has 5 heteroatoms. The average Bonchev–Trinajstić information content (AvgIpc) is 3.19. The smallest absolute Gasteiger partial charge is 0.331 e. The molecule has 4 rings (SSSR count). The SMILES string of the molecule is COC(=O)/C=C/S(=O)O[C@H]1CC[C@@]2(C)C(=CC[C@H]3[C@@H]4CC[C@H]([C@H](C)CCCC(C)C)[C@@]4(C)CC[C@@H]32)C1. The van der Waals surface area contributed by atoms with Crippen molar-refractivity contribution in [2.24, 2.45) is 46.3 Å². The van der Waals surface area contributed by atoms with Crippen LogP contribution in [0.2, 0.25) is 0 Å². The molecule has 4 aliphatic carbocycles. The van der Waals surface area contributed by atoms with E-state index in [1.807, 2.05) is 0 Å². The van der Waals surface area contributed by atoms with Gasteiger partial charge in [-0.2, -0.15) is 0 Å². The first-order chi connectivity index (χ1) is 17.1. The lowest BCUT2D eigenvalue weighted by atomic mass is 9.47. The first-order valence-corrected chi connectivity index (χ1v) is 15.8. The van der Waals surface area contributed by atoms with E-state index in [0.29, 0.717) is 5.41 Å². The molecular formula is C31H50O4S. The summed E-state index contributed by atoms with van der Waals surface area (Å²) in [5.74, 6) is 4.52. The first kappa shape index (κ1) is 28.1. The van der Waals surface area contributed by atoms with Gasteiger partial charge >= 0.3 is 5.97 Å². The Kier molecular flexibility index (Phi) is 8.92. The van der Waals surface area contributed by atoms with Crippen LogP contribution in [0, 0.1) is 46.3 Å². The zero-order chi connectivity index (χ0) is 26.1. The van der Waals surface area contributed by atoms with Crippen LogP contribution in [-0.4, -0.2) is 23.4 Å². The molecule has 4 nitrogen and oxygen atoms in total. The molecule has 0 spiro atoms. The van der Waals surface area contributed by atoms with Crippen molar-refractivity contribution < 1.29 is 17.9 Å². The molecule has 0 radical (unpaired) electrons. The van der Waals surface area contributed by atoms with Gasteiger partial charge in [0.15, 0.2) is 11.1 Å². The van der Waals surface area contributed by atoms with Crippen LogP contribution < -0.4 is 0 Å². The Morgan fingerprint density at radius 2 is 1.89 bits per heavy atom. The van der Waals surface area contributed by atoms with Gasteiger partial charge in [-0.25, -0.2) is 9.00 Å². The molecule has 9 atom stereocenters. The predicted octanol–water partition coefficient (Wildman–Crippen LogP) is 7.76. The maximum absolute atomic E-state index is 12.3. The van der Waals surface area contributed by atoms with Crippen molar-refractivity contribution >= 4 is 17.0 Å². The van der Waals surface area contributed by atoms with Crippen LogP contribution in [0.25, 0.3) is 0 Å². The Hall–Kier alpha value is -0.940. The number of allylic oxidation sites excluding steroid dienone is 1. The van der Waals surface area contributed by atoms with E-state index >= 15 is 0 Å². The first-order valence-electron chi connectivity index (χ1n) is 14.6. The van der Waals surface area contributed by atoms with Gasteiger partial charge in [-0.15, -0.1) is 0 Å². The van der Waals surface area contributed by atoms with Crippen LogP contribution in [-0.2, 0) is 24.8 Å². The molecule has 0 aromatic rings. The van der Waals surface area contributed by atoms with E-state index in [0.717, 1.165) is 54.8 Å². The maximum Gasteiger partial charge on any atom is 0.331 e. The van der Waals surface area contributed by atoms with Crippen LogP contribution >= 0.6 is 0 Å². The molecule has 0 amide bonds. The van der Waals surface area contributed by atoms with Gasteiger partial charge in [0.1, 0.15) is 0 Å². The standard InChI is InChI=1S/C31H50O4S/c1-21(2)8-7-9-22(3)26-12-13-27-25-11-10-23-20-24(35-36(33)19-16-29(32)34-6)14-17-30(23,4)28(25)15-18-31(26,27)5/h10,16,19,21-22,24-28H,7-9,11-15,17-18,20H2,1-6H3/b19-16+/t22-,24+,25+,26-,27+,28+,30+,31-,36?/m1/s1. The van der Waals surface area contributed by atoms with Gasteiger partial charge < -0.3 is 4.74 Å². The second-order valence-electron chi connectivity index (χ2n) is 13.3. The Bertz CT molecular complexity index is 878. The Balaban J connectivity index is 1.41. The summed E-state index contributed by atoms with van der Waals surface area (Å²) in [5, 5.41) is 1.30. The summed E-state index contributed by atoms with van der Waals surface area (Å²) in [6, 6.07) is 0. The van der Waals surface area contributed by atoms with Crippen LogP contribution in [0.1, 0.15) is 105 Å². The fourth-order valence-corrected chi connectivity index (χ4v) is 9.80. The van der Waals surface area contributed by atoms with Crippen molar-refractivity contribution in [3.8, 4) is 0 Å². The normalized spacial score (nSPS) is 39.8. The number of methoxy groups -OCH3 is 1. The summed E-state index contributed by atoms with van der Waals surface area (Å²) in [6.45, 7) is 12.4. The number of rotatable bonds is 9. The molecule has 0 aromatic carbocycles. The minimum atomic E-state index is -1.61. The van der Waals surface area contributed by atoms with Crippen molar-refractivity contribution in [2.45, 2.75) is 111 Å². The third kappa shape index (κ3) is 5.58. The van der Waals surface area contributed by atoms with Crippen LogP contribution in [0.3, 0.4) is 0 Å². The van der Waals surface area contributed by atoms with Crippen LogP contribution in [0.5, 0.6) is 0 Å². The Morgan fingerprint density at radius 1 is 1.11 bits per heavy atom. The van der Waals surface area contributed by atoms with Gasteiger partial charge in [0.05, 0.1) is 13.2 Å². The fraction of sp³-hybridized carbons (Fsp3) is 0.839. The summed E-state index contributed by atoms with van der Waals surface area (Å²) in [5.41, 5.74) is 2.31. The lowest BCUT2D eigenvalue weighted by Crippen LogP contribution is -2.51. The van der Waals surface area contributed by atoms with Crippen molar-refractivity contribution in [1.82, 2.24) is 0 Å². The summed E-state index contributed by atoms with van der Waals surface area (Å²) in [7, 11) is 1.31. The van der Waals surface area contributed by atoms with Crippen LogP contribution in [0.4, 0.5) is 0 Å². The summed E-state index contributed by atoms with van der Waals surface area (Å²) in [6.07, 6.45) is 17.6. The number of esters is 1. The van der Waals surface area contributed by atoms with Crippen molar-refractivity contribution in [2.75, 3.05) is 7.11 Å². The van der Waals surface area contributed by atoms with Gasteiger partial charge in [-0.05, 0) is 97.7 Å². The molecule has 36 heavy (non-hydrogen) atoms. The second-order valence-corrected chi connectivity index (χ2v) is 14.3. The van der Waals surface area contributed by atoms with Crippen molar-refractivity contribution in [3.05, 3.63) is 23.1 Å². The molecule has 0 heterocycles. The van der Waals surface area contributed by atoms with E-state index in [1.54, 1.807) is 0 Å². The fourth-order valence-electron chi connectivity index (χ4n) is 9.08. The molecule has 3 fully saturated rings. The Labute approximate surface area is 222 Å². The number of fused-ring (bicyclic) bond motifs is 5. The van der Waals surface area contributed by atoms with Crippen LogP contribution in [0.15, 0.2) is 23.1 Å². The summed E-state index contributed by atoms with van der Waals surface area (Å²) in [4.78, 5) is 11.3. The zero-order valence-electron chi connectivity index (χ0n) is 23.6. The van der Waals surface area contributed by atoms with Crippen molar-refractivity contribution in [1.29, 1.82) is 0 Å². The highest BCUT2D eigenvalue weighted by Gasteiger charge is 2.59. The molecule has 4 aliphatic rings. The van der Waals surface area contributed by atoms with E-state index in [4.69, 9.17) is 4.18 Å². The number of hydrogen-bond acceptors (Lipinski definition) is 4. The minimum Gasteiger partial charge on any atom is -0.466 e. The monoisotopic (exact) mass is 518 g/mol. The zero-order valence-corrected chi connectivity index (χ0v) is 24.4. The van der Waals surface area contributed by atoms with E-state index in [-0.39, 0.29) is 11.5 Å². The van der Waals surface area contributed by atoms with E-state index in [2.05, 4.69) is 45.4 Å². The third-order valence-electron chi connectivity index (χ3n) is 11.0. The van der Waals surface area contributed by atoms with E-state index in [9.17, 15) is 9.00 Å². The second kappa shape index (κ2) is 11.4. The maximum atomic E-state index is 12.3. The quantitative estimate of drug-likeness (QED) is 0.178. The van der Waals surface area contributed by atoms with Crippen molar-refractivity contribution in [3.63, 3.8) is 0 Å².